The monoisotopic (exact) mass is 380 g/mol. The molecule has 28 heavy (non-hydrogen) atoms. The van der Waals surface area contributed by atoms with Crippen molar-refractivity contribution in [2.45, 2.75) is 19.8 Å². The first-order valence-corrected chi connectivity index (χ1v) is 9.33. The molecule has 1 aliphatic rings. The lowest BCUT2D eigenvalue weighted by Crippen LogP contribution is -2.45. The van der Waals surface area contributed by atoms with Gasteiger partial charge in [-0.15, -0.1) is 0 Å². The number of ketones is 1. The van der Waals surface area contributed by atoms with Crippen LogP contribution in [0, 0.1) is 5.92 Å². The smallest absolute Gasteiger partial charge is 0.289 e. The van der Waals surface area contributed by atoms with Crippen LogP contribution in [0.15, 0.2) is 48.5 Å². The van der Waals surface area contributed by atoms with Crippen LogP contribution in [0.3, 0.4) is 0 Å². The topological polar surface area (TPSA) is 75.7 Å². The molecule has 0 aliphatic carbocycles. The molecule has 0 radical (unpaired) electrons. The van der Waals surface area contributed by atoms with Crippen LogP contribution in [-0.2, 0) is 14.4 Å². The van der Waals surface area contributed by atoms with Gasteiger partial charge in [0.25, 0.3) is 5.91 Å². The zero-order valence-corrected chi connectivity index (χ0v) is 16.1. The highest BCUT2D eigenvalue weighted by molar-refractivity contribution is 6.35. The number of amides is 2. The Labute approximate surface area is 164 Å². The van der Waals surface area contributed by atoms with E-state index in [9.17, 15) is 14.4 Å². The van der Waals surface area contributed by atoms with Crippen LogP contribution in [-0.4, -0.2) is 42.7 Å². The van der Waals surface area contributed by atoms with Gasteiger partial charge in [-0.05, 0) is 48.2 Å². The highest BCUT2D eigenvalue weighted by atomic mass is 16.5. The summed E-state index contributed by atoms with van der Waals surface area (Å²) >= 11 is 0. The Bertz CT molecular complexity index is 876. The fraction of sp³-hybridized carbons (Fsp3) is 0.318. The lowest BCUT2D eigenvalue weighted by Gasteiger charge is -2.31. The Morgan fingerprint density at radius 1 is 1.07 bits per heavy atom. The van der Waals surface area contributed by atoms with E-state index in [2.05, 4.69) is 5.32 Å². The number of hydrogen-bond donors (Lipinski definition) is 1. The molecule has 6 nitrogen and oxygen atoms in total. The maximum Gasteiger partial charge on any atom is 0.289 e. The van der Waals surface area contributed by atoms with Crippen molar-refractivity contribution < 1.29 is 19.1 Å². The van der Waals surface area contributed by atoms with Gasteiger partial charge in [0.05, 0.1) is 13.0 Å². The molecule has 2 aromatic carbocycles. The Kier molecular flexibility index (Phi) is 6.09. The molecule has 1 atom stereocenters. The molecule has 1 aliphatic heterocycles. The van der Waals surface area contributed by atoms with Gasteiger partial charge in [-0.3, -0.25) is 14.4 Å². The minimum atomic E-state index is -0.514. The highest BCUT2D eigenvalue weighted by Gasteiger charge is 2.29. The predicted octanol–water partition coefficient (Wildman–Crippen LogP) is 3.13. The molecule has 6 heteroatoms. The van der Waals surface area contributed by atoms with E-state index < -0.39 is 11.7 Å². The molecule has 1 heterocycles. The number of ether oxygens (including phenoxy) is 1. The number of benzene rings is 2. The van der Waals surface area contributed by atoms with Crippen LogP contribution in [0.5, 0.6) is 5.75 Å². The van der Waals surface area contributed by atoms with Crippen molar-refractivity contribution in [3.8, 4) is 16.9 Å². The van der Waals surface area contributed by atoms with E-state index in [-0.39, 0.29) is 18.4 Å². The lowest BCUT2D eigenvalue weighted by molar-refractivity contribution is -0.145. The van der Waals surface area contributed by atoms with E-state index >= 15 is 0 Å². The average molecular weight is 380 g/mol. The Morgan fingerprint density at radius 2 is 1.82 bits per heavy atom. The number of rotatable bonds is 5. The van der Waals surface area contributed by atoms with Crippen molar-refractivity contribution in [3.63, 3.8) is 0 Å². The van der Waals surface area contributed by atoms with Crippen molar-refractivity contribution in [1.82, 2.24) is 4.90 Å². The van der Waals surface area contributed by atoms with Crippen LogP contribution >= 0.6 is 0 Å². The summed E-state index contributed by atoms with van der Waals surface area (Å²) < 4.78 is 5.25. The summed E-state index contributed by atoms with van der Waals surface area (Å²) in [5, 5.41) is 2.92. The molecule has 146 valence electrons. The Morgan fingerprint density at radius 3 is 2.50 bits per heavy atom. The normalized spacial score (nSPS) is 16.4. The second-order valence-electron chi connectivity index (χ2n) is 6.95. The first kappa shape index (κ1) is 19.6. The Balaban J connectivity index is 1.64. The number of anilines is 1. The molecule has 1 N–H and O–H groups in total. The van der Waals surface area contributed by atoms with Gasteiger partial charge in [0.15, 0.2) is 0 Å². The Hall–Kier alpha value is -3.15. The number of hydrogen-bond acceptors (Lipinski definition) is 4. The van der Waals surface area contributed by atoms with E-state index in [4.69, 9.17) is 4.74 Å². The minimum absolute atomic E-state index is 0.129. The summed E-state index contributed by atoms with van der Waals surface area (Å²) in [7, 11) is 1.63. The van der Waals surface area contributed by atoms with E-state index in [1.54, 1.807) is 7.11 Å². The number of nitrogens with one attached hydrogen (secondary N) is 1. The van der Waals surface area contributed by atoms with Gasteiger partial charge < -0.3 is 15.0 Å². The summed E-state index contributed by atoms with van der Waals surface area (Å²) in [4.78, 5) is 37.2. The summed E-state index contributed by atoms with van der Waals surface area (Å²) in [5.74, 6) is -0.656. The fourth-order valence-electron chi connectivity index (χ4n) is 3.39. The van der Waals surface area contributed by atoms with E-state index in [1.165, 1.54) is 11.8 Å². The van der Waals surface area contributed by atoms with E-state index in [1.807, 2.05) is 48.5 Å². The maximum absolute atomic E-state index is 12.6. The van der Waals surface area contributed by atoms with Crippen LogP contribution in [0.25, 0.3) is 11.1 Å². The van der Waals surface area contributed by atoms with E-state index in [0.717, 1.165) is 16.9 Å². The number of methoxy groups -OCH3 is 1. The molecule has 0 unspecified atom stereocenters. The first-order chi connectivity index (χ1) is 13.5. The van der Waals surface area contributed by atoms with Gasteiger partial charge in [-0.1, -0.05) is 24.3 Å². The lowest BCUT2D eigenvalue weighted by atomic mass is 9.96. The number of Topliss-reactive ketones (excluding diaryl/α,β-unsaturated/α-hetero) is 1. The van der Waals surface area contributed by atoms with Gasteiger partial charge >= 0.3 is 0 Å². The van der Waals surface area contributed by atoms with Crippen LogP contribution in [0.4, 0.5) is 5.69 Å². The van der Waals surface area contributed by atoms with Crippen molar-refractivity contribution in [1.29, 1.82) is 0 Å². The summed E-state index contributed by atoms with van der Waals surface area (Å²) in [6.07, 6.45) is 1.42. The molecule has 1 fully saturated rings. The van der Waals surface area contributed by atoms with Crippen LogP contribution in [0.1, 0.15) is 19.8 Å². The molecule has 0 aromatic heterocycles. The quantitative estimate of drug-likeness (QED) is 0.809. The van der Waals surface area contributed by atoms with Gasteiger partial charge in [-0.25, -0.2) is 0 Å². The second kappa shape index (κ2) is 8.69. The van der Waals surface area contributed by atoms with Crippen LogP contribution < -0.4 is 10.1 Å². The molecule has 0 bridgehead atoms. The van der Waals surface area contributed by atoms with Crippen molar-refractivity contribution >= 4 is 23.3 Å². The van der Waals surface area contributed by atoms with Crippen molar-refractivity contribution in [2.24, 2.45) is 5.92 Å². The molecule has 1 saturated heterocycles. The van der Waals surface area contributed by atoms with Gasteiger partial charge in [-0.2, -0.15) is 0 Å². The molecular formula is C22H24N2O4. The zero-order chi connectivity index (χ0) is 20.1. The third-order valence-electron chi connectivity index (χ3n) is 4.94. The highest BCUT2D eigenvalue weighted by Crippen LogP contribution is 2.25. The maximum atomic E-state index is 12.6. The number of carbonyl (C=O) groups is 3. The molecular weight excluding hydrogens is 356 g/mol. The SMILES string of the molecule is COc1cccc(-c2ccc(NC(=O)[C@H]3CCCN(C(=O)C(C)=O)C3)cc2)c1. The summed E-state index contributed by atoms with van der Waals surface area (Å²) in [6.45, 7) is 2.07. The molecule has 2 amide bonds. The van der Waals surface area contributed by atoms with Gasteiger partial charge in [0.2, 0.25) is 11.7 Å². The number of piperidine rings is 1. The first-order valence-electron chi connectivity index (χ1n) is 9.33. The molecule has 3 rings (SSSR count). The number of likely N-dealkylation sites (tertiary alicyclic amines) is 1. The standard InChI is InChI=1S/C22H24N2O4/c1-15(25)22(27)24-12-4-6-18(14-24)21(26)23-19-10-8-16(9-11-19)17-5-3-7-20(13-17)28-2/h3,5,7-11,13,18H,4,6,12,14H2,1-2H3,(H,23,26)/t18-/m0/s1. The second-order valence-corrected chi connectivity index (χ2v) is 6.95. The van der Waals surface area contributed by atoms with Crippen molar-refractivity contribution in [2.75, 3.05) is 25.5 Å². The van der Waals surface area contributed by atoms with Crippen LogP contribution in [0.2, 0.25) is 0 Å². The minimum Gasteiger partial charge on any atom is -0.497 e. The largest absolute Gasteiger partial charge is 0.497 e. The van der Waals surface area contributed by atoms with Crippen molar-refractivity contribution in [3.05, 3.63) is 48.5 Å². The summed E-state index contributed by atoms with van der Waals surface area (Å²) in [5.41, 5.74) is 2.75. The van der Waals surface area contributed by atoms with Gasteiger partial charge in [0.1, 0.15) is 5.75 Å². The van der Waals surface area contributed by atoms with E-state index in [0.29, 0.717) is 25.1 Å². The molecule has 0 spiro atoms. The zero-order valence-electron chi connectivity index (χ0n) is 16.1. The molecule has 0 saturated carbocycles. The number of carbonyl (C=O) groups excluding carboxylic acids is 3. The third-order valence-corrected chi connectivity index (χ3v) is 4.94. The predicted molar refractivity (Wildman–Crippen MR) is 107 cm³/mol. The van der Waals surface area contributed by atoms with Gasteiger partial charge in [0, 0.05) is 25.7 Å². The third kappa shape index (κ3) is 4.57. The summed E-state index contributed by atoms with van der Waals surface area (Å²) in [6, 6.07) is 15.4. The average Bonchev–Trinajstić information content (AvgIpc) is 2.73. The number of nitrogens with zero attached hydrogens (tertiary/aromatic N) is 1. The fourth-order valence-corrected chi connectivity index (χ4v) is 3.39. The molecule has 2 aromatic rings.